The number of aromatic nitrogens is 2. The molecule has 19 heavy (non-hydrogen) atoms. The van der Waals surface area contributed by atoms with Gasteiger partial charge in [-0.25, -0.2) is 9.78 Å². The Morgan fingerprint density at radius 1 is 1.53 bits per heavy atom. The minimum absolute atomic E-state index is 0.462. The Morgan fingerprint density at radius 2 is 2.32 bits per heavy atom. The summed E-state index contributed by atoms with van der Waals surface area (Å²) in [5.74, 6) is 0.287. The number of hydrogen-bond acceptors (Lipinski definition) is 6. The number of piperidine rings is 1. The molecule has 0 aromatic carbocycles. The van der Waals surface area contributed by atoms with Crippen LogP contribution in [0.3, 0.4) is 0 Å². The van der Waals surface area contributed by atoms with Crippen molar-refractivity contribution in [3.8, 4) is 5.88 Å². The normalized spacial score (nSPS) is 19.3. The van der Waals surface area contributed by atoms with E-state index in [0.29, 0.717) is 29.8 Å². The van der Waals surface area contributed by atoms with E-state index in [1.807, 2.05) is 11.2 Å². The Kier molecular flexibility index (Phi) is 4.47. The quantitative estimate of drug-likeness (QED) is 0.665. The van der Waals surface area contributed by atoms with Crippen LogP contribution in [0.5, 0.6) is 5.88 Å². The van der Waals surface area contributed by atoms with Gasteiger partial charge in [-0.05, 0) is 25.5 Å². The maximum atomic E-state index is 11.3. The molecule has 6 nitrogen and oxygen atoms in total. The van der Waals surface area contributed by atoms with E-state index in [2.05, 4.69) is 9.97 Å². The molecule has 104 valence electrons. The molecule has 0 amide bonds. The second-order valence-corrected chi connectivity index (χ2v) is 5.07. The van der Waals surface area contributed by atoms with E-state index in [0.717, 1.165) is 12.8 Å². The van der Waals surface area contributed by atoms with E-state index in [4.69, 9.17) is 4.74 Å². The monoisotopic (exact) mass is 283 g/mol. The molecule has 1 aliphatic heterocycles. The van der Waals surface area contributed by atoms with Gasteiger partial charge in [-0.2, -0.15) is 4.98 Å². The Bertz CT molecular complexity index is 447. The fraction of sp³-hybridized carbons (Fsp3) is 0.583. The molecule has 0 bridgehead atoms. The standard InChI is InChI=1S/C12H17N3O3S/c1-18-10-7-9(13-12(14-10)19-2)15-6-4-3-5-8(15)11(16)17/h7-8H,3-6H2,1-2H3,(H,16,17)/t8-/m0/s1. The largest absolute Gasteiger partial charge is 0.481 e. The van der Waals surface area contributed by atoms with E-state index in [1.54, 1.807) is 13.2 Å². The third-order valence-corrected chi connectivity index (χ3v) is 3.69. The van der Waals surface area contributed by atoms with E-state index in [9.17, 15) is 9.90 Å². The highest BCUT2D eigenvalue weighted by Gasteiger charge is 2.30. The molecule has 0 saturated carbocycles. The van der Waals surface area contributed by atoms with Crippen LogP contribution in [0, 0.1) is 0 Å². The van der Waals surface area contributed by atoms with Crippen molar-refractivity contribution < 1.29 is 14.6 Å². The van der Waals surface area contributed by atoms with E-state index >= 15 is 0 Å². The summed E-state index contributed by atoms with van der Waals surface area (Å²) < 4.78 is 5.15. The van der Waals surface area contributed by atoms with Crippen LogP contribution in [-0.2, 0) is 4.79 Å². The van der Waals surface area contributed by atoms with E-state index in [1.165, 1.54) is 11.8 Å². The van der Waals surface area contributed by atoms with Gasteiger partial charge in [0.25, 0.3) is 0 Å². The van der Waals surface area contributed by atoms with Crippen molar-refractivity contribution in [1.29, 1.82) is 0 Å². The molecule has 1 aromatic rings. The van der Waals surface area contributed by atoms with E-state index < -0.39 is 12.0 Å². The third-order valence-electron chi connectivity index (χ3n) is 3.14. The lowest BCUT2D eigenvalue weighted by atomic mass is 10.0. The summed E-state index contributed by atoms with van der Waals surface area (Å²) in [5.41, 5.74) is 0. The van der Waals surface area contributed by atoms with Gasteiger partial charge in [0.05, 0.1) is 7.11 Å². The number of ether oxygens (including phenoxy) is 1. The minimum Gasteiger partial charge on any atom is -0.481 e. The zero-order chi connectivity index (χ0) is 13.8. The zero-order valence-corrected chi connectivity index (χ0v) is 11.8. The van der Waals surface area contributed by atoms with Crippen LogP contribution >= 0.6 is 11.8 Å². The highest BCUT2D eigenvalue weighted by atomic mass is 32.2. The molecule has 7 heteroatoms. The van der Waals surface area contributed by atoms with Gasteiger partial charge in [-0.15, -0.1) is 0 Å². The van der Waals surface area contributed by atoms with Gasteiger partial charge in [-0.1, -0.05) is 11.8 Å². The van der Waals surface area contributed by atoms with Gasteiger partial charge < -0.3 is 14.7 Å². The lowest BCUT2D eigenvalue weighted by Crippen LogP contribution is -2.45. The molecule has 1 fully saturated rings. The average Bonchev–Trinajstić information content (AvgIpc) is 2.46. The molecule has 1 saturated heterocycles. The van der Waals surface area contributed by atoms with Crippen molar-refractivity contribution in [3.63, 3.8) is 0 Å². The van der Waals surface area contributed by atoms with Crippen molar-refractivity contribution in [3.05, 3.63) is 6.07 Å². The van der Waals surface area contributed by atoms with Crippen LogP contribution in [0.25, 0.3) is 0 Å². The molecular weight excluding hydrogens is 266 g/mol. The molecule has 2 rings (SSSR count). The molecule has 2 heterocycles. The summed E-state index contributed by atoms with van der Waals surface area (Å²) in [7, 11) is 1.54. The second kappa shape index (κ2) is 6.10. The molecule has 0 aliphatic carbocycles. The minimum atomic E-state index is -0.803. The molecule has 1 aromatic heterocycles. The first-order valence-corrected chi connectivity index (χ1v) is 7.34. The Labute approximate surface area is 116 Å². The smallest absolute Gasteiger partial charge is 0.326 e. The van der Waals surface area contributed by atoms with Gasteiger partial charge in [0.15, 0.2) is 5.16 Å². The predicted molar refractivity (Wildman–Crippen MR) is 73.0 cm³/mol. The van der Waals surface area contributed by atoms with Gasteiger partial charge in [0.2, 0.25) is 5.88 Å². The van der Waals surface area contributed by atoms with Crippen LogP contribution in [0.15, 0.2) is 11.2 Å². The number of carbonyl (C=O) groups is 1. The van der Waals surface area contributed by atoms with Crippen LogP contribution in [0.1, 0.15) is 19.3 Å². The van der Waals surface area contributed by atoms with Gasteiger partial charge in [0, 0.05) is 12.6 Å². The van der Waals surface area contributed by atoms with Crippen LogP contribution in [0.4, 0.5) is 5.82 Å². The Hall–Kier alpha value is -1.50. The summed E-state index contributed by atoms with van der Waals surface area (Å²) in [5, 5.41) is 9.89. The number of aliphatic carboxylic acids is 1. The Morgan fingerprint density at radius 3 is 2.95 bits per heavy atom. The van der Waals surface area contributed by atoms with Gasteiger partial charge in [-0.3, -0.25) is 0 Å². The van der Waals surface area contributed by atoms with Crippen molar-refractivity contribution >= 4 is 23.5 Å². The maximum Gasteiger partial charge on any atom is 0.326 e. The lowest BCUT2D eigenvalue weighted by Gasteiger charge is -2.33. The third kappa shape index (κ3) is 3.09. The highest BCUT2D eigenvalue weighted by molar-refractivity contribution is 7.98. The van der Waals surface area contributed by atoms with Crippen molar-refractivity contribution in [1.82, 2.24) is 9.97 Å². The first kappa shape index (κ1) is 13.9. The molecule has 0 unspecified atom stereocenters. The number of hydrogen-bond donors (Lipinski definition) is 1. The number of methoxy groups -OCH3 is 1. The second-order valence-electron chi connectivity index (χ2n) is 4.30. The number of carboxylic acid groups (broad SMARTS) is 1. The average molecular weight is 283 g/mol. The molecule has 0 radical (unpaired) electrons. The fourth-order valence-corrected chi connectivity index (χ4v) is 2.56. The van der Waals surface area contributed by atoms with Crippen molar-refractivity contribution in [2.75, 3.05) is 24.8 Å². The number of thioether (sulfide) groups is 1. The molecule has 1 N–H and O–H groups in total. The van der Waals surface area contributed by atoms with E-state index in [-0.39, 0.29) is 0 Å². The predicted octanol–water partition coefficient (Wildman–Crippen LogP) is 1.65. The number of carboxylic acids is 1. The number of rotatable bonds is 4. The SMILES string of the molecule is COc1cc(N2CCCC[C@H]2C(=O)O)nc(SC)n1. The zero-order valence-electron chi connectivity index (χ0n) is 11.0. The summed E-state index contributed by atoms with van der Waals surface area (Å²) in [4.78, 5) is 21.7. The topological polar surface area (TPSA) is 75.5 Å². The molecule has 1 atom stereocenters. The summed E-state index contributed by atoms with van der Waals surface area (Å²) in [6, 6.07) is 1.18. The molecule has 1 aliphatic rings. The van der Waals surface area contributed by atoms with Crippen LogP contribution in [0.2, 0.25) is 0 Å². The summed E-state index contributed by atoms with van der Waals surface area (Å²) in [6.45, 7) is 0.699. The summed E-state index contributed by atoms with van der Waals surface area (Å²) >= 11 is 1.41. The highest BCUT2D eigenvalue weighted by Crippen LogP contribution is 2.27. The summed E-state index contributed by atoms with van der Waals surface area (Å²) in [6.07, 6.45) is 4.44. The Balaban J connectivity index is 2.35. The molecular formula is C12H17N3O3S. The maximum absolute atomic E-state index is 11.3. The van der Waals surface area contributed by atoms with Gasteiger partial charge >= 0.3 is 5.97 Å². The first-order valence-electron chi connectivity index (χ1n) is 6.12. The van der Waals surface area contributed by atoms with Crippen molar-refractivity contribution in [2.24, 2.45) is 0 Å². The lowest BCUT2D eigenvalue weighted by molar-refractivity contribution is -0.139. The van der Waals surface area contributed by atoms with Crippen molar-refractivity contribution in [2.45, 2.75) is 30.5 Å². The molecule has 0 spiro atoms. The first-order chi connectivity index (χ1) is 9.15. The van der Waals surface area contributed by atoms with Gasteiger partial charge in [0.1, 0.15) is 11.9 Å². The van der Waals surface area contributed by atoms with Crippen LogP contribution < -0.4 is 9.64 Å². The fourth-order valence-electron chi connectivity index (χ4n) is 2.20. The number of anilines is 1. The van der Waals surface area contributed by atoms with Crippen LogP contribution in [-0.4, -0.2) is 47.0 Å². The number of nitrogens with zero attached hydrogens (tertiary/aromatic N) is 3.